The summed E-state index contributed by atoms with van der Waals surface area (Å²) in [6, 6.07) is 3.89. The molecule has 1 fully saturated rings. The number of nitrogens with one attached hydrogen (secondary N) is 1. The van der Waals surface area contributed by atoms with Crippen LogP contribution >= 0.6 is 0 Å². The van der Waals surface area contributed by atoms with Crippen molar-refractivity contribution in [3.8, 4) is 5.75 Å². The van der Waals surface area contributed by atoms with Gasteiger partial charge in [0.1, 0.15) is 5.75 Å². The lowest BCUT2D eigenvalue weighted by Crippen LogP contribution is -2.34. The Hall–Kier alpha value is -1.35. The first-order chi connectivity index (χ1) is 8.63. The first-order valence-electron chi connectivity index (χ1n) is 6.53. The average Bonchev–Trinajstić information content (AvgIpc) is 2.38. The number of ether oxygens (including phenoxy) is 1. The van der Waals surface area contributed by atoms with Gasteiger partial charge in [0.05, 0.1) is 7.11 Å². The lowest BCUT2D eigenvalue weighted by atomic mass is 9.89. The number of benzene rings is 1. The molecule has 1 aromatic rings. The van der Waals surface area contributed by atoms with Crippen molar-refractivity contribution < 1.29 is 9.53 Å². The number of ketones is 1. The number of carbonyl (C=O) groups is 1. The Kier molecular flexibility index (Phi) is 4.02. The summed E-state index contributed by atoms with van der Waals surface area (Å²) in [6.45, 7) is 5.82. The van der Waals surface area contributed by atoms with Crippen molar-refractivity contribution in [1.29, 1.82) is 0 Å². The Labute approximate surface area is 109 Å². The maximum absolute atomic E-state index is 12.4. The lowest BCUT2D eigenvalue weighted by molar-refractivity contribution is 0.0899. The van der Waals surface area contributed by atoms with Crippen molar-refractivity contribution in [2.75, 3.05) is 20.2 Å². The van der Waals surface area contributed by atoms with E-state index in [4.69, 9.17) is 4.74 Å². The Morgan fingerprint density at radius 2 is 2.00 bits per heavy atom. The summed E-state index contributed by atoms with van der Waals surface area (Å²) < 4.78 is 5.33. The second kappa shape index (κ2) is 5.53. The summed E-state index contributed by atoms with van der Waals surface area (Å²) in [5.74, 6) is 1.27. The third kappa shape index (κ3) is 2.56. The van der Waals surface area contributed by atoms with Crippen molar-refractivity contribution in [2.24, 2.45) is 5.92 Å². The number of rotatable bonds is 3. The van der Waals surface area contributed by atoms with Gasteiger partial charge in [0, 0.05) is 18.0 Å². The highest BCUT2D eigenvalue weighted by atomic mass is 16.5. The van der Waals surface area contributed by atoms with Gasteiger partial charge < -0.3 is 10.1 Å². The van der Waals surface area contributed by atoms with Crippen molar-refractivity contribution in [1.82, 2.24) is 5.32 Å². The number of hydrogen-bond donors (Lipinski definition) is 1. The molecule has 1 atom stereocenters. The zero-order valence-electron chi connectivity index (χ0n) is 11.4. The van der Waals surface area contributed by atoms with E-state index in [-0.39, 0.29) is 11.7 Å². The van der Waals surface area contributed by atoms with Gasteiger partial charge in [-0.05, 0) is 56.5 Å². The summed E-state index contributed by atoms with van der Waals surface area (Å²) in [4.78, 5) is 12.4. The molecule has 1 heterocycles. The highest BCUT2D eigenvalue weighted by Gasteiger charge is 2.23. The fourth-order valence-corrected chi connectivity index (χ4v) is 2.73. The summed E-state index contributed by atoms with van der Waals surface area (Å²) in [7, 11) is 1.67. The highest BCUT2D eigenvalue weighted by Crippen LogP contribution is 2.26. The normalized spacial score (nSPS) is 19.6. The fraction of sp³-hybridized carbons (Fsp3) is 0.533. The number of methoxy groups -OCH3 is 1. The second-order valence-electron chi connectivity index (χ2n) is 5.05. The van der Waals surface area contributed by atoms with Crippen LogP contribution in [0.25, 0.3) is 0 Å². The number of hydrogen-bond acceptors (Lipinski definition) is 3. The van der Waals surface area contributed by atoms with Crippen LogP contribution in [-0.2, 0) is 0 Å². The molecule has 0 aliphatic carbocycles. The predicted octanol–water partition coefficient (Wildman–Crippen LogP) is 2.49. The van der Waals surface area contributed by atoms with Crippen molar-refractivity contribution in [3.05, 3.63) is 28.8 Å². The Balaban J connectivity index is 2.25. The van der Waals surface area contributed by atoms with Crippen LogP contribution < -0.4 is 10.1 Å². The molecule has 1 aliphatic heterocycles. The van der Waals surface area contributed by atoms with Crippen molar-refractivity contribution in [2.45, 2.75) is 26.7 Å². The van der Waals surface area contributed by atoms with Crippen molar-refractivity contribution >= 4 is 5.78 Å². The zero-order valence-corrected chi connectivity index (χ0v) is 11.4. The SMILES string of the molecule is COc1c(C)cc(C(=O)[C@H]2CCCNC2)cc1C. The molecule has 0 saturated carbocycles. The molecule has 0 aromatic heterocycles. The zero-order chi connectivity index (χ0) is 13.1. The molecule has 98 valence electrons. The molecule has 0 spiro atoms. The van der Waals surface area contributed by atoms with Gasteiger partial charge in [-0.3, -0.25) is 4.79 Å². The van der Waals surface area contributed by atoms with Crippen LogP contribution in [0.5, 0.6) is 5.75 Å². The molecule has 1 saturated heterocycles. The maximum atomic E-state index is 12.4. The van der Waals surface area contributed by atoms with Gasteiger partial charge in [-0.2, -0.15) is 0 Å². The van der Waals surface area contributed by atoms with E-state index in [0.29, 0.717) is 0 Å². The minimum Gasteiger partial charge on any atom is -0.496 e. The van der Waals surface area contributed by atoms with Gasteiger partial charge in [0.25, 0.3) is 0 Å². The van der Waals surface area contributed by atoms with Crippen LogP contribution in [0.4, 0.5) is 0 Å². The lowest BCUT2D eigenvalue weighted by Gasteiger charge is -2.22. The topological polar surface area (TPSA) is 38.3 Å². The van der Waals surface area contributed by atoms with E-state index in [9.17, 15) is 4.79 Å². The van der Waals surface area contributed by atoms with Crippen LogP contribution in [0, 0.1) is 19.8 Å². The molecule has 0 unspecified atom stereocenters. The Morgan fingerprint density at radius 1 is 1.33 bits per heavy atom. The predicted molar refractivity (Wildman–Crippen MR) is 72.4 cm³/mol. The summed E-state index contributed by atoms with van der Waals surface area (Å²) in [5, 5.41) is 3.29. The molecule has 18 heavy (non-hydrogen) atoms. The van der Waals surface area contributed by atoms with Gasteiger partial charge in [-0.1, -0.05) is 0 Å². The molecule has 0 bridgehead atoms. The second-order valence-corrected chi connectivity index (χ2v) is 5.05. The molecule has 0 radical (unpaired) electrons. The molecule has 1 N–H and O–H groups in total. The molecular weight excluding hydrogens is 226 g/mol. The number of carbonyl (C=O) groups excluding carboxylic acids is 1. The molecule has 1 aliphatic rings. The van der Waals surface area contributed by atoms with Crippen LogP contribution in [0.1, 0.15) is 34.3 Å². The summed E-state index contributed by atoms with van der Waals surface area (Å²) in [6.07, 6.45) is 2.08. The van der Waals surface area contributed by atoms with E-state index in [1.54, 1.807) is 7.11 Å². The third-order valence-corrected chi connectivity index (χ3v) is 3.62. The van der Waals surface area contributed by atoms with Gasteiger partial charge in [-0.15, -0.1) is 0 Å². The summed E-state index contributed by atoms with van der Waals surface area (Å²) in [5.41, 5.74) is 2.88. The fourth-order valence-electron chi connectivity index (χ4n) is 2.73. The molecule has 3 heteroatoms. The van der Waals surface area contributed by atoms with Gasteiger partial charge >= 0.3 is 0 Å². The standard InChI is InChI=1S/C15H21NO2/c1-10-7-13(8-11(2)15(10)18-3)14(17)12-5-4-6-16-9-12/h7-8,12,16H,4-6,9H2,1-3H3/t12-/m0/s1. The minimum absolute atomic E-state index is 0.131. The van der Waals surface area contributed by atoms with Crippen LogP contribution in [0.3, 0.4) is 0 Å². The smallest absolute Gasteiger partial charge is 0.167 e. The van der Waals surface area contributed by atoms with E-state index in [2.05, 4.69) is 5.32 Å². The quantitative estimate of drug-likeness (QED) is 0.834. The first kappa shape index (κ1) is 13.1. The van der Waals surface area contributed by atoms with E-state index in [0.717, 1.165) is 48.4 Å². The first-order valence-corrected chi connectivity index (χ1v) is 6.53. The summed E-state index contributed by atoms with van der Waals surface area (Å²) >= 11 is 0. The number of aryl methyl sites for hydroxylation is 2. The molecule has 0 amide bonds. The third-order valence-electron chi connectivity index (χ3n) is 3.62. The minimum atomic E-state index is 0.131. The van der Waals surface area contributed by atoms with E-state index in [1.807, 2.05) is 26.0 Å². The molecule has 2 rings (SSSR count). The van der Waals surface area contributed by atoms with Crippen molar-refractivity contribution in [3.63, 3.8) is 0 Å². The Morgan fingerprint density at radius 3 is 2.50 bits per heavy atom. The molecule has 1 aromatic carbocycles. The van der Waals surface area contributed by atoms with E-state index in [1.165, 1.54) is 0 Å². The van der Waals surface area contributed by atoms with E-state index >= 15 is 0 Å². The van der Waals surface area contributed by atoms with Crippen LogP contribution in [0.2, 0.25) is 0 Å². The van der Waals surface area contributed by atoms with Crippen LogP contribution in [0.15, 0.2) is 12.1 Å². The average molecular weight is 247 g/mol. The largest absolute Gasteiger partial charge is 0.496 e. The number of piperidine rings is 1. The Bertz CT molecular complexity index is 425. The highest BCUT2D eigenvalue weighted by molar-refractivity contribution is 5.98. The van der Waals surface area contributed by atoms with Gasteiger partial charge in [0.2, 0.25) is 0 Å². The molecule has 3 nitrogen and oxygen atoms in total. The molecular formula is C15H21NO2. The van der Waals surface area contributed by atoms with Gasteiger partial charge in [0.15, 0.2) is 5.78 Å². The monoisotopic (exact) mass is 247 g/mol. The van der Waals surface area contributed by atoms with Gasteiger partial charge in [-0.25, -0.2) is 0 Å². The van der Waals surface area contributed by atoms with Crippen LogP contribution in [-0.4, -0.2) is 26.0 Å². The number of Topliss-reactive ketones (excluding diaryl/α,β-unsaturated/α-hetero) is 1. The van der Waals surface area contributed by atoms with E-state index < -0.39 is 0 Å². The maximum Gasteiger partial charge on any atom is 0.167 e.